The standard InChI is InChI=1S/C19H27N3O3/c1-21-11-8-14(9-12-21)19(24)20-15-6-7-17(25-2)16(13-15)22-10-4-3-5-18(22)23/h6-7,13-14H,3-5,8-12H2,1-2H3,(H,20,24). The normalized spacial score (nSPS) is 19.8. The Balaban J connectivity index is 1.75. The topological polar surface area (TPSA) is 61.9 Å². The van der Waals surface area contributed by atoms with Crippen LogP contribution in [-0.2, 0) is 9.59 Å². The van der Waals surface area contributed by atoms with E-state index in [4.69, 9.17) is 4.74 Å². The molecule has 0 bridgehead atoms. The van der Waals surface area contributed by atoms with Crippen LogP contribution in [0.15, 0.2) is 18.2 Å². The molecule has 2 aliphatic heterocycles. The van der Waals surface area contributed by atoms with Gasteiger partial charge in [-0.2, -0.15) is 0 Å². The van der Waals surface area contributed by atoms with Gasteiger partial charge < -0.3 is 19.9 Å². The molecule has 0 unspecified atom stereocenters. The van der Waals surface area contributed by atoms with Crippen LogP contribution in [-0.4, -0.2) is 50.5 Å². The van der Waals surface area contributed by atoms with Crippen LogP contribution in [0.2, 0.25) is 0 Å². The molecule has 2 heterocycles. The van der Waals surface area contributed by atoms with Crippen molar-refractivity contribution in [2.24, 2.45) is 5.92 Å². The van der Waals surface area contributed by atoms with E-state index in [-0.39, 0.29) is 17.7 Å². The number of nitrogens with zero attached hydrogens (tertiary/aromatic N) is 2. The summed E-state index contributed by atoms with van der Waals surface area (Å²) in [4.78, 5) is 28.8. The van der Waals surface area contributed by atoms with Crippen molar-refractivity contribution in [3.63, 3.8) is 0 Å². The number of methoxy groups -OCH3 is 1. The lowest BCUT2D eigenvalue weighted by Gasteiger charge is -2.29. The van der Waals surface area contributed by atoms with E-state index in [0.29, 0.717) is 18.7 Å². The predicted octanol–water partition coefficient (Wildman–Crippen LogP) is 2.49. The average molecular weight is 345 g/mol. The first kappa shape index (κ1) is 17.7. The lowest BCUT2D eigenvalue weighted by atomic mass is 9.96. The van der Waals surface area contributed by atoms with Gasteiger partial charge in [0.25, 0.3) is 0 Å². The van der Waals surface area contributed by atoms with E-state index in [0.717, 1.165) is 50.1 Å². The molecule has 2 aliphatic rings. The van der Waals surface area contributed by atoms with Crippen LogP contribution in [0.3, 0.4) is 0 Å². The summed E-state index contributed by atoms with van der Waals surface area (Å²) in [5.41, 5.74) is 1.46. The Hall–Kier alpha value is -2.08. The molecule has 0 aliphatic carbocycles. The fourth-order valence-electron chi connectivity index (χ4n) is 3.55. The van der Waals surface area contributed by atoms with E-state index in [1.165, 1.54) is 0 Å². The molecule has 0 saturated carbocycles. The van der Waals surface area contributed by atoms with Crippen LogP contribution in [0, 0.1) is 5.92 Å². The molecule has 0 radical (unpaired) electrons. The summed E-state index contributed by atoms with van der Waals surface area (Å²) in [5.74, 6) is 0.892. The van der Waals surface area contributed by atoms with Gasteiger partial charge in [0.2, 0.25) is 11.8 Å². The number of hydrogen-bond acceptors (Lipinski definition) is 4. The van der Waals surface area contributed by atoms with Crippen LogP contribution >= 0.6 is 0 Å². The Morgan fingerprint density at radius 2 is 1.96 bits per heavy atom. The third-order valence-corrected chi connectivity index (χ3v) is 5.15. The predicted molar refractivity (Wildman–Crippen MR) is 98.0 cm³/mol. The number of ether oxygens (including phenoxy) is 1. The second-order valence-corrected chi connectivity index (χ2v) is 6.96. The summed E-state index contributed by atoms with van der Waals surface area (Å²) < 4.78 is 5.42. The monoisotopic (exact) mass is 345 g/mol. The number of carbonyl (C=O) groups is 2. The zero-order valence-electron chi connectivity index (χ0n) is 15.1. The van der Waals surface area contributed by atoms with Gasteiger partial charge in [-0.3, -0.25) is 9.59 Å². The Bertz CT molecular complexity index is 639. The highest BCUT2D eigenvalue weighted by Gasteiger charge is 2.25. The maximum atomic E-state index is 12.5. The highest BCUT2D eigenvalue weighted by molar-refractivity contribution is 5.98. The number of rotatable bonds is 4. The number of nitrogens with one attached hydrogen (secondary N) is 1. The van der Waals surface area contributed by atoms with E-state index in [2.05, 4.69) is 17.3 Å². The minimum atomic E-state index is 0.0540. The van der Waals surface area contributed by atoms with Gasteiger partial charge in [-0.05, 0) is 64.0 Å². The first-order valence-electron chi connectivity index (χ1n) is 9.06. The molecular formula is C19H27N3O3. The van der Waals surface area contributed by atoms with Crippen molar-refractivity contribution in [1.82, 2.24) is 4.90 Å². The number of likely N-dealkylation sites (tertiary alicyclic amines) is 1. The third-order valence-electron chi connectivity index (χ3n) is 5.15. The molecule has 136 valence electrons. The van der Waals surface area contributed by atoms with Gasteiger partial charge >= 0.3 is 0 Å². The lowest BCUT2D eigenvalue weighted by Crippen LogP contribution is -2.36. The lowest BCUT2D eigenvalue weighted by molar-refractivity contribution is -0.121. The zero-order valence-corrected chi connectivity index (χ0v) is 15.1. The molecular weight excluding hydrogens is 318 g/mol. The van der Waals surface area contributed by atoms with E-state index in [1.807, 2.05) is 18.2 Å². The van der Waals surface area contributed by atoms with Crippen molar-refractivity contribution in [1.29, 1.82) is 0 Å². The summed E-state index contributed by atoms with van der Waals surface area (Å²) in [6.07, 6.45) is 4.26. The van der Waals surface area contributed by atoms with Crippen LogP contribution in [0.5, 0.6) is 5.75 Å². The molecule has 25 heavy (non-hydrogen) atoms. The molecule has 6 heteroatoms. The minimum Gasteiger partial charge on any atom is -0.495 e. The minimum absolute atomic E-state index is 0.0540. The SMILES string of the molecule is COc1ccc(NC(=O)C2CCN(C)CC2)cc1N1CCCCC1=O. The number of anilines is 2. The summed E-state index contributed by atoms with van der Waals surface area (Å²) in [7, 11) is 3.68. The number of carbonyl (C=O) groups excluding carboxylic acids is 2. The molecule has 0 atom stereocenters. The van der Waals surface area contributed by atoms with Gasteiger partial charge in [-0.15, -0.1) is 0 Å². The van der Waals surface area contributed by atoms with Gasteiger partial charge in [0.1, 0.15) is 5.75 Å². The molecule has 2 fully saturated rings. The molecule has 6 nitrogen and oxygen atoms in total. The van der Waals surface area contributed by atoms with Crippen LogP contribution in [0.25, 0.3) is 0 Å². The van der Waals surface area contributed by atoms with Crippen LogP contribution < -0.4 is 15.0 Å². The van der Waals surface area contributed by atoms with Gasteiger partial charge in [0.15, 0.2) is 0 Å². The van der Waals surface area contributed by atoms with Crippen molar-refractivity contribution >= 4 is 23.2 Å². The van der Waals surface area contributed by atoms with E-state index in [1.54, 1.807) is 12.0 Å². The highest BCUT2D eigenvalue weighted by Crippen LogP contribution is 2.34. The third kappa shape index (κ3) is 4.12. The molecule has 2 amide bonds. The number of benzene rings is 1. The molecule has 0 spiro atoms. The van der Waals surface area contributed by atoms with E-state index in [9.17, 15) is 9.59 Å². The number of hydrogen-bond donors (Lipinski definition) is 1. The number of piperidine rings is 2. The summed E-state index contributed by atoms with van der Waals surface area (Å²) in [5, 5.41) is 3.02. The average Bonchev–Trinajstić information content (AvgIpc) is 2.62. The van der Waals surface area contributed by atoms with Crippen LogP contribution in [0.4, 0.5) is 11.4 Å². The molecule has 1 N–H and O–H groups in total. The van der Waals surface area contributed by atoms with Gasteiger partial charge in [-0.25, -0.2) is 0 Å². The fourth-order valence-corrected chi connectivity index (χ4v) is 3.55. The summed E-state index contributed by atoms with van der Waals surface area (Å²) in [6, 6.07) is 5.51. The summed E-state index contributed by atoms with van der Waals surface area (Å²) in [6.45, 7) is 2.60. The van der Waals surface area contributed by atoms with Crippen molar-refractivity contribution < 1.29 is 14.3 Å². The highest BCUT2D eigenvalue weighted by atomic mass is 16.5. The Kier molecular flexibility index (Phi) is 5.58. The summed E-state index contributed by atoms with van der Waals surface area (Å²) >= 11 is 0. The molecule has 2 saturated heterocycles. The van der Waals surface area contributed by atoms with Gasteiger partial charge in [0.05, 0.1) is 12.8 Å². The Morgan fingerprint density at radius 1 is 1.20 bits per heavy atom. The van der Waals surface area contributed by atoms with Crippen molar-refractivity contribution in [2.75, 3.05) is 44.0 Å². The number of amides is 2. The maximum Gasteiger partial charge on any atom is 0.227 e. The van der Waals surface area contributed by atoms with Crippen molar-refractivity contribution in [2.45, 2.75) is 32.1 Å². The molecule has 3 rings (SSSR count). The molecule has 1 aromatic carbocycles. The van der Waals surface area contributed by atoms with E-state index >= 15 is 0 Å². The maximum absolute atomic E-state index is 12.5. The first-order valence-corrected chi connectivity index (χ1v) is 9.06. The Morgan fingerprint density at radius 3 is 2.64 bits per heavy atom. The Labute approximate surface area is 149 Å². The van der Waals surface area contributed by atoms with Gasteiger partial charge in [0, 0.05) is 24.6 Å². The van der Waals surface area contributed by atoms with Gasteiger partial charge in [-0.1, -0.05) is 0 Å². The van der Waals surface area contributed by atoms with Crippen molar-refractivity contribution in [3.8, 4) is 5.75 Å². The first-order chi connectivity index (χ1) is 12.1. The zero-order chi connectivity index (χ0) is 17.8. The largest absolute Gasteiger partial charge is 0.495 e. The second-order valence-electron chi connectivity index (χ2n) is 6.96. The fraction of sp³-hybridized carbons (Fsp3) is 0.579. The molecule has 0 aromatic heterocycles. The van der Waals surface area contributed by atoms with Crippen molar-refractivity contribution in [3.05, 3.63) is 18.2 Å². The molecule has 1 aromatic rings. The second kappa shape index (κ2) is 7.87. The van der Waals surface area contributed by atoms with E-state index < -0.39 is 0 Å². The quantitative estimate of drug-likeness (QED) is 0.911. The smallest absolute Gasteiger partial charge is 0.227 e. The van der Waals surface area contributed by atoms with Crippen LogP contribution in [0.1, 0.15) is 32.1 Å².